The van der Waals surface area contributed by atoms with Crippen LogP contribution in [0.25, 0.3) is 0 Å². The standard InChI is InChI=1S/C11H22O4/c1-2-10(12)7-13-5-3-4-6-14-8-11-9-15-11/h10-12H,2-9H2,1H3. The maximum atomic E-state index is 9.20. The summed E-state index contributed by atoms with van der Waals surface area (Å²) < 4.78 is 15.7. The first kappa shape index (κ1) is 12.9. The number of rotatable bonds is 10. The van der Waals surface area contributed by atoms with Crippen molar-refractivity contribution in [2.45, 2.75) is 38.4 Å². The van der Waals surface area contributed by atoms with E-state index in [-0.39, 0.29) is 6.10 Å². The molecule has 0 spiro atoms. The maximum Gasteiger partial charge on any atom is 0.104 e. The molecule has 0 aromatic heterocycles. The van der Waals surface area contributed by atoms with Crippen molar-refractivity contribution in [2.24, 2.45) is 0 Å². The minimum atomic E-state index is -0.312. The van der Waals surface area contributed by atoms with E-state index < -0.39 is 0 Å². The molecule has 1 aliphatic rings. The number of epoxide rings is 1. The van der Waals surface area contributed by atoms with E-state index in [9.17, 15) is 5.11 Å². The molecule has 0 amide bonds. The number of aliphatic hydroxyl groups is 1. The number of hydrogen-bond acceptors (Lipinski definition) is 4. The van der Waals surface area contributed by atoms with Crippen molar-refractivity contribution in [2.75, 3.05) is 33.0 Å². The van der Waals surface area contributed by atoms with Crippen molar-refractivity contribution in [3.63, 3.8) is 0 Å². The molecule has 2 atom stereocenters. The Kier molecular flexibility index (Phi) is 6.92. The van der Waals surface area contributed by atoms with Gasteiger partial charge in [-0.25, -0.2) is 0 Å². The molecule has 1 saturated heterocycles. The van der Waals surface area contributed by atoms with E-state index >= 15 is 0 Å². The number of unbranched alkanes of at least 4 members (excludes halogenated alkanes) is 1. The lowest BCUT2D eigenvalue weighted by atomic mass is 10.3. The van der Waals surface area contributed by atoms with Gasteiger partial charge in [0, 0.05) is 13.2 Å². The van der Waals surface area contributed by atoms with Crippen LogP contribution < -0.4 is 0 Å². The maximum absolute atomic E-state index is 9.20. The molecule has 1 N–H and O–H groups in total. The van der Waals surface area contributed by atoms with E-state index in [1.54, 1.807) is 0 Å². The minimum absolute atomic E-state index is 0.312. The highest BCUT2D eigenvalue weighted by molar-refractivity contribution is 4.66. The van der Waals surface area contributed by atoms with Crippen LogP contribution in [0.4, 0.5) is 0 Å². The zero-order valence-electron chi connectivity index (χ0n) is 9.48. The third-order valence-corrected chi connectivity index (χ3v) is 2.31. The monoisotopic (exact) mass is 218 g/mol. The summed E-state index contributed by atoms with van der Waals surface area (Å²) in [7, 11) is 0. The molecule has 0 radical (unpaired) electrons. The highest BCUT2D eigenvalue weighted by Gasteiger charge is 2.21. The Balaban J connectivity index is 1.68. The van der Waals surface area contributed by atoms with Crippen molar-refractivity contribution in [1.29, 1.82) is 0 Å². The van der Waals surface area contributed by atoms with Crippen molar-refractivity contribution in [3.05, 3.63) is 0 Å². The first-order valence-corrected chi connectivity index (χ1v) is 5.78. The predicted octanol–water partition coefficient (Wildman–Crippen LogP) is 0.969. The van der Waals surface area contributed by atoms with Gasteiger partial charge in [0.2, 0.25) is 0 Å². The summed E-state index contributed by atoms with van der Waals surface area (Å²) in [6.45, 7) is 5.47. The van der Waals surface area contributed by atoms with Gasteiger partial charge in [0.1, 0.15) is 6.10 Å². The van der Waals surface area contributed by atoms with Crippen molar-refractivity contribution >= 4 is 0 Å². The van der Waals surface area contributed by atoms with Gasteiger partial charge in [0.05, 0.1) is 25.9 Å². The summed E-state index contributed by atoms with van der Waals surface area (Å²) in [6, 6.07) is 0. The first-order chi connectivity index (χ1) is 7.33. The highest BCUT2D eigenvalue weighted by atomic mass is 16.6. The summed E-state index contributed by atoms with van der Waals surface area (Å²) in [6.07, 6.45) is 2.80. The van der Waals surface area contributed by atoms with Gasteiger partial charge in [-0.05, 0) is 19.3 Å². The molecule has 90 valence electrons. The highest BCUT2D eigenvalue weighted by Crippen LogP contribution is 2.08. The van der Waals surface area contributed by atoms with Crippen LogP contribution in [0, 0.1) is 0 Å². The Morgan fingerprint density at radius 3 is 2.60 bits per heavy atom. The Labute approximate surface area is 91.5 Å². The molecular weight excluding hydrogens is 196 g/mol. The van der Waals surface area contributed by atoms with Gasteiger partial charge in [-0.1, -0.05) is 6.92 Å². The predicted molar refractivity (Wildman–Crippen MR) is 56.9 cm³/mol. The van der Waals surface area contributed by atoms with Gasteiger partial charge in [0.25, 0.3) is 0 Å². The van der Waals surface area contributed by atoms with E-state index in [1.165, 1.54) is 0 Å². The van der Waals surface area contributed by atoms with Gasteiger partial charge in [-0.15, -0.1) is 0 Å². The van der Waals surface area contributed by atoms with Gasteiger partial charge in [0.15, 0.2) is 0 Å². The zero-order chi connectivity index (χ0) is 10.9. The molecule has 0 aliphatic carbocycles. The molecule has 1 aliphatic heterocycles. The van der Waals surface area contributed by atoms with Crippen LogP contribution >= 0.6 is 0 Å². The molecule has 1 fully saturated rings. The third-order valence-electron chi connectivity index (χ3n) is 2.31. The lowest BCUT2D eigenvalue weighted by Crippen LogP contribution is -2.14. The summed E-state index contributed by atoms with van der Waals surface area (Å²) in [5, 5.41) is 9.20. The quantitative estimate of drug-likeness (QED) is 0.438. The largest absolute Gasteiger partial charge is 0.391 e. The zero-order valence-corrected chi connectivity index (χ0v) is 9.48. The first-order valence-electron chi connectivity index (χ1n) is 5.78. The van der Waals surface area contributed by atoms with Crippen molar-refractivity contribution < 1.29 is 19.3 Å². The molecule has 0 saturated carbocycles. The van der Waals surface area contributed by atoms with Crippen LogP contribution in [0.3, 0.4) is 0 Å². The summed E-state index contributed by atoms with van der Waals surface area (Å²) in [5.74, 6) is 0. The van der Waals surface area contributed by atoms with Crippen molar-refractivity contribution in [3.8, 4) is 0 Å². The van der Waals surface area contributed by atoms with E-state index in [0.717, 1.165) is 39.1 Å². The Morgan fingerprint density at radius 1 is 1.33 bits per heavy atom. The van der Waals surface area contributed by atoms with E-state index in [2.05, 4.69) is 0 Å². The van der Waals surface area contributed by atoms with Gasteiger partial charge < -0.3 is 19.3 Å². The fourth-order valence-electron chi connectivity index (χ4n) is 1.12. The molecule has 0 bridgehead atoms. The molecule has 15 heavy (non-hydrogen) atoms. The van der Waals surface area contributed by atoms with E-state index in [0.29, 0.717) is 19.3 Å². The van der Waals surface area contributed by atoms with Gasteiger partial charge >= 0.3 is 0 Å². The van der Waals surface area contributed by atoms with E-state index in [4.69, 9.17) is 14.2 Å². The summed E-state index contributed by atoms with van der Waals surface area (Å²) in [4.78, 5) is 0. The van der Waals surface area contributed by atoms with E-state index in [1.807, 2.05) is 6.92 Å². The van der Waals surface area contributed by atoms with Gasteiger partial charge in [-0.2, -0.15) is 0 Å². The average molecular weight is 218 g/mol. The second kappa shape index (κ2) is 8.05. The van der Waals surface area contributed by atoms with Crippen LogP contribution in [-0.2, 0) is 14.2 Å². The van der Waals surface area contributed by atoms with Crippen LogP contribution in [-0.4, -0.2) is 50.3 Å². The minimum Gasteiger partial charge on any atom is -0.391 e. The SMILES string of the molecule is CCC(O)COCCCCOCC1CO1. The van der Waals surface area contributed by atoms with Crippen LogP contribution in [0.5, 0.6) is 0 Å². The molecule has 0 aromatic carbocycles. The normalized spacial score (nSPS) is 21.6. The summed E-state index contributed by atoms with van der Waals surface area (Å²) in [5.41, 5.74) is 0. The van der Waals surface area contributed by atoms with Crippen molar-refractivity contribution in [1.82, 2.24) is 0 Å². The molecule has 1 heterocycles. The Bertz CT molecular complexity index is 148. The van der Waals surface area contributed by atoms with Crippen LogP contribution in [0.1, 0.15) is 26.2 Å². The molecule has 4 nitrogen and oxygen atoms in total. The average Bonchev–Trinajstić information content (AvgIpc) is 3.05. The fraction of sp³-hybridized carbons (Fsp3) is 1.00. The molecule has 2 unspecified atom stereocenters. The molecule has 4 heteroatoms. The molecule has 1 rings (SSSR count). The number of aliphatic hydroxyl groups excluding tert-OH is 1. The number of hydrogen-bond donors (Lipinski definition) is 1. The smallest absolute Gasteiger partial charge is 0.104 e. The lowest BCUT2D eigenvalue weighted by molar-refractivity contribution is 0.0302. The lowest BCUT2D eigenvalue weighted by Gasteiger charge is -2.08. The summed E-state index contributed by atoms with van der Waals surface area (Å²) >= 11 is 0. The topological polar surface area (TPSA) is 51.2 Å². The Morgan fingerprint density at radius 2 is 2.00 bits per heavy atom. The molecular formula is C11H22O4. The van der Waals surface area contributed by atoms with Crippen LogP contribution in [0.15, 0.2) is 0 Å². The Hall–Kier alpha value is -0.160. The van der Waals surface area contributed by atoms with Gasteiger partial charge in [-0.3, -0.25) is 0 Å². The number of ether oxygens (including phenoxy) is 3. The van der Waals surface area contributed by atoms with Crippen LogP contribution in [0.2, 0.25) is 0 Å². The fourth-order valence-corrected chi connectivity index (χ4v) is 1.12. The molecule has 0 aromatic rings. The second-order valence-corrected chi connectivity index (χ2v) is 3.87. The second-order valence-electron chi connectivity index (χ2n) is 3.87. The third kappa shape index (κ3) is 7.73.